The van der Waals surface area contributed by atoms with E-state index >= 15 is 0 Å². The second-order valence-electron chi connectivity index (χ2n) is 5.01. The number of fused-ring (bicyclic) bond motifs is 1. The zero-order valence-corrected chi connectivity index (χ0v) is 12.1. The Hall–Kier alpha value is -3.06. The van der Waals surface area contributed by atoms with Crippen molar-refractivity contribution in [3.8, 4) is 11.8 Å². The van der Waals surface area contributed by atoms with E-state index in [4.69, 9.17) is 10.00 Å². The number of hydrogen-bond acceptors (Lipinski definition) is 3. The van der Waals surface area contributed by atoms with E-state index in [9.17, 15) is 4.79 Å². The largest absolute Gasteiger partial charge is 0.497 e. The van der Waals surface area contributed by atoms with Crippen molar-refractivity contribution in [2.24, 2.45) is 0 Å². The summed E-state index contributed by atoms with van der Waals surface area (Å²) in [5.74, 6) is 0.733. The van der Waals surface area contributed by atoms with Crippen molar-refractivity contribution in [1.82, 2.24) is 4.57 Å². The number of ether oxygens (including phenoxy) is 1. The van der Waals surface area contributed by atoms with Gasteiger partial charge in [0.25, 0.3) is 5.56 Å². The molecule has 0 aliphatic heterocycles. The van der Waals surface area contributed by atoms with Crippen LogP contribution in [0.5, 0.6) is 5.75 Å². The second-order valence-corrected chi connectivity index (χ2v) is 5.01. The molecule has 3 aromatic rings. The van der Waals surface area contributed by atoms with Gasteiger partial charge >= 0.3 is 0 Å². The maximum atomic E-state index is 12.5. The topological polar surface area (TPSA) is 55.0 Å². The SMILES string of the molecule is COc1ccc2c(=O)n(Cc3ccc(C#N)cc3)ccc2c1. The maximum Gasteiger partial charge on any atom is 0.258 e. The molecule has 0 radical (unpaired) electrons. The molecule has 0 aliphatic carbocycles. The average Bonchev–Trinajstić information content (AvgIpc) is 2.57. The lowest BCUT2D eigenvalue weighted by atomic mass is 10.1. The normalized spacial score (nSPS) is 10.4. The van der Waals surface area contributed by atoms with E-state index in [0.29, 0.717) is 17.5 Å². The third-order valence-electron chi connectivity index (χ3n) is 3.62. The summed E-state index contributed by atoms with van der Waals surface area (Å²) < 4.78 is 6.84. The summed E-state index contributed by atoms with van der Waals surface area (Å²) >= 11 is 0. The molecular formula is C18H14N2O2. The lowest BCUT2D eigenvalue weighted by Gasteiger charge is -2.08. The van der Waals surface area contributed by atoms with Gasteiger partial charge in [0.05, 0.1) is 25.3 Å². The van der Waals surface area contributed by atoms with Crippen molar-refractivity contribution in [2.75, 3.05) is 7.11 Å². The van der Waals surface area contributed by atoms with E-state index in [0.717, 1.165) is 16.7 Å². The zero-order valence-electron chi connectivity index (χ0n) is 12.1. The fraction of sp³-hybridized carbons (Fsp3) is 0.111. The molecule has 0 spiro atoms. The predicted molar refractivity (Wildman–Crippen MR) is 85.0 cm³/mol. The van der Waals surface area contributed by atoms with Crippen LogP contribution in [0.15, 0.2) is 59.5 Å². The van der Waals surface area contributed by atoms with Gasteiger partial charge in [0.1, 0.15) is 5.75 Å². The van der Waals surface area contributed by atoms with Crippen molar-refractivity contribution in [3.05, 3.63) is 76.2 Å². The van der Waals surface area contributed by atoms with Gasteiger partial charge in [-0.25, -0.2) is 0 Å². The van der Waals surface area contributed by atoms with Crippen LogP contribution in [-0.4, -0.2) is 11.7 Å². The van der Waals surface area contributed by atoms with E-state index in [1.807, 2.05) is 24.3 Å². The number of hydrogen-bond donors (Lipinski definition) is 0. The number of pyridine rings is 1. The molecule has 4 heteroatoms. The van der Waals surface area contributed by atoms with Crippen molar-refractivity contribution in [2.45, 2.75) is 6.54 Å². The summed E-state index contributed by atoms with van der Waals surface area (Å²) in [6.45, 7) is 0.479. The molecule has 22 heavy (non-hydrogen) atoms. The minimum absolute atomic E-state index is 0.0375. The zero-order chi connectivity index (χ0) is 15.5. The molecule has 0 atom stereocenters. The van der Waals surface area contributed by atoms with E-state index in [2.05, 4.69) is 6.07 Å². The third kappa shape index (κ3) is 2.57. The standard InChI is InChI=1S/C18H14N2O2/c1-22-16-6-7-17-15(10-16)8-9-20(18(17)21)12-14-4-2-13(11-19)3-5-14/h2-10H,12H2,1H3. The second kappa shape index (κ2) is 5.74. The molecule has 0 saturated carbocycles. The first-order chi connectivity index (χ1) is 10.7. The molecule has 0 N–H and O–H groups in total. The highest BCUT2D eigenvalue weighted by atomic mass is 16.5. The Balaban J connectivity index is 1.99. The van der Waals surface area contributed by atoms with Gasteiger partial charge < -0.3 is 9.30 Å². The summed E-state index contributed by atoms with van der Waals surface area (Å²) in [6.07, 6.45) is 1.78. The Bertz CT molecular complexity index is 918. The van der Waals surface area contributed by atoms with E-state index in [1.54, 1.807) is 42.1 Å². The summed E-state index contributed by atoms with van der Waals surface area (Å²) in [4.78, 5) is 12.5. The number of nitriles is 1. The minimum atomic E-state index is -0.0375. The fourth-order valence-corrected chi connectivity index (χ4v) is 2.40. The van der Waals surface area contributed by atoms with Crippen molar-refractivity contribution >= 4 is 10.8 Å². The highest BCUT2D eigenvalue weighted by Gasteiger charge is 2.05. The van der Waals surface area contributed by atoms with Crippen LogP contribution in [0.3, 0.4) is 0 Å². The van der Waals surface area contributed by atoms with Gasteiger partial charge in [0.15, 0.2) is 0 Å². The molecule has 0 saturated heterocycles. The first-order valence-corrected chi connectivity index (χ1v) is 6.87. The number of methoxy groups -OCH3 is 1. The molecule has 0 fully saturated rings. The van der Waals surface area contributed by atoms with Crippen LogP contribution in [0.2, 0.25) is 0 Å². The summed E-state index contributed by atoms with van der Waals surface area (Å²) in [5.41, 5.74) is 1.56. The van der Waals surface area contributed by atoms with Crippen molar-refractivity contribution in [3.63, 3.8) is 0 Å². The van der Waals surface area contributed by atoms with E-state index in [1.165, 1.54) is 0 Å². The monoisotopic (exact) mass is 290 g/mol. The maximum absolute atomic E-state index is 12.5. The first kappa shape index (κ1) is 13.9. The van der Waals surface area contributed by atoms with Crippen molar-refractivity contribution in [1.29, 1.82) is 5.26 Å². The first-order valence-electron chi connectivity index (χ1n) is 6.87. The Labute approximate surface area is 127 Å². The van der Waals surface area contributed by atoms with Crippen LogP contribution < -0.4 is 10.3 Å². The van der Waals surface area contributed by atoms with E-state index in [-0.39, 0.29) is 5.56 Å². The van der Waals surface area contributed by atoms with Gasteiger partial charge in [-0.05, 0) is 47.3 Å². The molecule has 1 heterocycles. The van der Waals surface area contributed by atoms with Crippen LogP contribution in [0.25, 0.3) is 10.8 Å². The van der Waals surface area contributed by atoms with Crippen LogP contribution in [-0.2, 0) is 6.54 Å². The third-order valence-corrected chi connectivity index (χ3v) is 3.62. The predicted octanol–water partition coefficient (Wildman–Crippen LogP) is 2.93. The lowest BCUT2D eigenvalue weighted by Crippen LogP contribution is -2.19. The van der Waals surface area contributed by atoms with Crippen molar-refractivity contribution < 1.29 is 4.74 Å². The smallest absolute Gasteiger partial charge is 0.258 e. The Morgan fingerprint density at radius 3 is 2.59 bits per heavy atom. The summed E-state index contributed by atoms with van der Waals surface area (Å²) in [5, 5.41) is 10.3. The summed E-state index contributed by atoms with van der Waals surface area (Å²) in [7, 11) is 1.60. The number of rotatable bonds is 3. The molecule has 0 amide bonds. The average molecular weight is 290 g/mol. The molecular weight excluding hydrogens is 276 g/mol. The van der Waals surface area contributed by atoms with Gasteiger partial charge in [0.2, 0.25) is 0 Å². The van der Waals surface area contributed by atoms with E-state index < -0.39 is 0 Å². The lowest BCUT2D eigenvalue weighted by molar-refractivity contribution is 0.415. The minimum Gasteiger partial charge on any atom is -0.497 e. The fourth-order valence-electron chi connectivity index (χ4n) is 2.40. The molecule has 2 aromatic carbocycles. The molecule has 4 nitrogen and oxygen atoms in total. The Morgan fingerprint density at radius 1 is 1.14 bits per heavy atom. The quantitative estimate of drug-likeness (QED) is 0.745. The van der Waals surface area contributed by atoms with Crippen LogP contribution in [0.4, 0.5) is 0 Å². The molecule has 3 rings (SSSR count). The highest BCUT2D eigenvalue weighted by molar-refractivity contribution is 5.82. The number of aromatic nitrogens is 1. The van der Waals surface area contributed by atoms with Crippen LogP contribution >= 0.6 is 0 Å². The molecule has 108 valence electrons. The number of benzene rings is 2. The van der Waals surface area contributed by atoms with Gasteiger partial charge in [0, 0.05) is 11.6 Å². The summed E-state index contributed by atoms with van der Waals surface area (Å²) in [6, 6.07) is 16.7. The molecule has 1 aromatic heterocycles. The highest BCUT2D eigenvalue weighted by Crippen LogP contribution is 2.18. The van der Waals surface area contributed by atoms with Crippen LogP contribution in [0, 0.1) is 11.3 Å². The Kier molecular flexibility index (Phi) is 3.63. The van der Waals surface area contributed by atoms with Gasteiger partial charge in [-0.3, -0.25) is 4.79 Å². The molecule has 0 aliphatic rings. The molecule has 0 unspecified atom stereocenters. The van der Waals surface area contributed by atoms with Gasteiger partial charge in [-0.1, -0.05) is 12.1 Å². The molecule has 0 bridgehead atoms. The Morgan fingerprint density at radius 2 is 1.91 bits per heavy atom. The van der Waals surface area contributed by atoms with Gasteiger partial charge in [-0.2, -0.15) is 5.26 Å². The number of nitrogens with zero attached hydrogens (tertiary/aromatic N) is 2. The van der Waals surface area contributed by atoms with Crippen LogP contribution in [0.1, 0.15) is 11.1 Å². The van der Waals surface area contributed by atoms with Gasteiger partial charge in [-0.15, -0.1) is 0 Å².